The van der Waals surface area contributed by atoms with Crippen LogP contribution in [0.1, 0.15) is 19.8 Å². The van der Waals surface area contributed by atoms with E-state index in [1.807, 2.05) is 0 Å². The number of ether oxygens (including phenoxy) is 1. The first-order valence-corrected chi connectivity index (χ1v) is 6.15. The predicted molar refractivity (Wildman–Crippen MR) is 57.1 cm³/mol. The Morgan fingerprint density at radius 2 is 2.50 bits per heavy atom. The van der Waals surface area contributed by atoms with Gasteiger partial charge in [-0.05, 0) is 24.3 Å². The molecule has 4 heteroatoms. The summed E-state index contributed by atoms with van der Waals surface area (Å²) < 4.78 is 5.19. The first-order chi connectivity index (χ1) is 6.75. The van der Waals surface area contributed by atoms with Gasteiger partial charge in [-0.25, -0.2) is 0 Å². The second-order valence-electron chi connectivity index (χ2n) is 3.57. The molecule has 1 saturated heterocycles. The Morgan fingerprint density at radius 3 is 3.00 bits per heavy atom. The van der Waals surface area contributed by atoms with Crippen LogP contribution in [0.5, 0.6) is 0 Å². The molecule has 0 amide bonds. The molecule has 2 unspecified atom stereocenters. The third-order valence-corrected chi connectivity index (χ3v) is 3.59. The first kappa shape index (κ1) is 11.8. The molecule has 14 heavy (non-hydrogen) atoms. The van der Waals surface area contributed by atoms with Crippen molar-refractivity contribution >= 4 is 11.8 Å². The molecule has 0 saturated carbocycles. The normalized spacial score (nSPS) is 28.6. The van der Waals surface area contributed by atoms with Gasteiger partial charge in [-0.2, -0.15) is 17.0 Å². The molecular weight excluding hydrogens is 198 g/mol. The number of thioether (sulfide) groups is 1. The van der Waals surface area contributed by atoms with Gasteiger partial charge in [0.05, 0.1) is 18.8 Å². The summed E-state index contributed by atoms with van der Waals surface area (Å²) in [5.41, 5.74) is -0.631. The van der Waals surface area contributed by atoms with Gasteiger partial charge in [0.25, 0.3) is 0 Å². The molecule has 1 N–H and O–H groups in total. The maximum absolute atomic E-state index is 9.91. The van der Waals surface area contributed by atoms with E-state index in [1.165, 1.54) is 0 Å². The summed E-state index contributed by atoms with van der Waals surface area (Å²) in [6.45, 7) is 3.09. The summed E-state index contributed by atoms with van der Waals surface area (Å²) in [4.78, 5) is 0. The van der Waals surface area contributed by atoms with E-state index in [-0.39, 0.29) is 0 Å². The summed E-state index contributed by atoms with van der Waals surface area (Å²) in [6.07, 6.45) is 0.825. The lowest BCUT2D eigenvalue weighted by Crippen LogP contribution is -2.34. The quantitative estimate of drug-likeness (QED) is 0.705. The zero-order chi connectivity index (χ0) is 10.4. The number of aliphatic hydroxyl groups excluding tert-OH is 1. The number of hydrogen-bond donors (Lipinski definition) is 1. The van der Waals surface area contributed by atoms with Gasteiger partial charge in [0.15, 0.2) is 0 Å². The van der Waals surface area contributed by atoms with Crippen LogP contribution in [0.25, 0.3) is 0 Å². The lowest BCUT2D eigenvalue weighted by molar-refractivity contribution is 0.0494. The molecule has 0 aromatic rings. The maximum Gasteiger partial charge on any atom is 0.109 e. The van der Waals surface area contributed by atoms with Crippen molar-refractivity contribution in [3.8, 4) is 6.07 Å². The van der Waals surface area contributed by atoms with Gasteiger partial charge in [0.2, 0.25) is 0 Å². The Hall–Kier alpha value is -0.240. The number of hydrogen-bond acceptors (Lipinski definition) is 4. The highest BCUT2D eigenvalue weighted by Gasteiger charge is 2.41. The number of nitriles is 1. The van der Waals surface area contributed by atoms with Crippen LogP contribution in [0.4, 0.5) is 0 Å². The van der Waals surface area contributed by atoms with E-state index in [0.717, 1.165) is 11.5 Å². The maximum atomic E-state index is 9.91. The molecule has 2 atom stereocenters. The molecule has 1 rings (SSSR count). The van der Waals surface area contributed by atoms with E-state index >= 15 is 0 Å². The average molecular weight is 215 g/mol. The Balaban J connectivity index is 2.40. The SMILES string of the molecule is CCSCCC(O)C1(C#N)CCOC1. The van der Waals surface area contributed by atoms with Crippen LogP contribution in [0.2, 0.25) is 0 Å². The molecule has 0 spiro atoms. The summed E-state index contributed by atoms with van der Waals surface area (Å²) in [5, 5.41) is 19.0. The summed E-state index contributed by atoms with van der Waals surface area (Å²) >= 11 is 1.79. The molecule has 80 valence electrons. The Labute approximate surface area is 89.4 Å². The molecule has 0 aliphatic carbocycles. The minimum absolute atomic E-state index is 0.390. The van der Waals surface area contributed by atoms with E-state index in [4.69, 9.17) is 10.00 Å². The molecule has 0 aromatic carbocycles. The van der Waals surface area contributed by atoms with Crippen molar-refractivity contribution in [2.75, 3.05) is 24.7 Å². The minimum atomic E-state index is -0.631. The van der Waals surface area contributed by atoms with Gasteiger partial charge in [0, 0.05) is 6.61 Å². The largest absolute Gasteiger partial charge is 0.391 e. The summed E-state index contributed by atoms with van der Waals surface area (Å²) in [7, 11) is 0. The molecular formula is C10H17NO2S. The fourth-order valence-electron chi connectivity index (χ4n) is 1.62. The lowest BCUT2D eigenvalue weighted by Gasteiger charge is -2.24. The van der Waals surface area contributed by atoms with E-state index in [9.17, 15) is 5.11 Å². The highest BCUT2D eigenvalue weighted by molar-refractivity contribution is 7.99. The number of rotatable bonds is 5. The van der Waals surface area contributed by atoms with E-state index in [0.29, 0.717) is 26.1 Å². The van der Waals surface area contributed by atoms with Gasteiger partial charge >= 0.3 is 0 Å². The summed E-state index contributed by atoms with van der Waals surface area (Å²) in [5.74, 6) is 1.98. The van der Waals surface area contributed by atoms with Crippen LogP contribution in [-0.4, -0.2) is 35.9 Å². The Morgan fingerprint density at radius 1 is 1.71 bits per heavy atom. The molecule has 3 nitrogen and oxygen atoms in total. The second-order valence-corrected chi connectivity index (χ2v) is 4.97. The first-order valence-electron chi connectivity index (χ1n) is 5.00. The molecule has 0 bridgehead atoms. The fraction of sp³-hybridized carbons (Fsp3) is 0.900. The minimum Gasteiger partial charge on any atom is -0.391 e. The molecule has 1 aliphatic rings. The second kappa shape index (κ2) is 5.59. The van der Waals surface area contributed by atoms with Crippen LogP contribution < -0.4 is 0 Å². The molecule has 1 heterocycles. The zero-order valence-electron chi connectivity index (χ0n) is 8.53. The number of aliphatic hydroxyl groups is 1. The molecule has 1 fully saturated rings. The van der Waals surface area contributed by atoms with Gasteiger partial charge in [-0.15, -0.1) is 0 Å². The van der Waals surface area contributed by atoms with Crippen molar-refractivity contribution < 1.29 is 9.84 Å². The van der Waals surface area contributed by atoms with Crippen molar-refractivity contribution in [2.24, 2.45) is 5.41 Å². The van der Waals surface area contributed by atoms with E-state index in [2.05, 4.69) is 13.0 Å². The third-order valence-electron chi connectivity index (χ3n) is 2.65. The third kappa shape index (κ3) is 2.63. The Kier molecular flexibility index (Phi) is 4.73. The lowest BCUT2D eigenvalue weighted by atomic mass is 9.82. The van der Waals surface area contributed by atoms with Crippen LogP contribution in [-0.2, 0) is 4.74 Å². The number of nitrogens with zero attached hydrogens (tertiary/aromatic N) is 1. The average Bonchev–Trinajstić information content (AvgIpc) is 2.67. The van der Waals surface area contributed by atoms with Crippen LogP contribution in [0.15, 0.2) is 0 Å². The van der Waals surface area contributed by atoms with Gasteiger partial charge < -0.3 is 9.84 Å². The highest BCUT2D eigenvalue weighted by Crippen LogP contribution is 2.33. The fourth-order valence-corrected chi connectivity index (χ4v) is 2.30. The topological polar surface area (TPSA) is 53.2 Å². The highest BCUT2D eigenvalue weighted by atomic mass is 32.2. The van der Waals surface area contributed by atoms with Gasteiger partial charge in [-0.1, -0.05) is 6.92 Å². The smallest absolute Gasteiger partial charge is 0.109 e. The summed E-state index contributed by atoms with van der Waals surface area (Å²) in [6, 6.07) is 2.22. The van der Waals surface area contributed by atoms with Crippen molar-refractivity contribution in [1.82, 2.24) is 0 Å². The standard InChI is InChI=1S/C10H17NO2S/c1-2-14-6-3-9(12)10(7-11)4-5-13-8-10/h9,12H,2-6,8H2,1H3. The van der Waals surface area contributed by atoms with Gasteiger partial charge in [0.1, 0.15) is 5.41 Å². The van der Waals surface area contributed by atoms with E-state index < -0.39 is 11.5 Å². The van der Waals surface area contributed by atoms with Gasteiger partial charge in [-0.3, -0.25) is 0 Å². The van der Waals surface area contributed by atoms with Crippen molar-refractivity contribution in [3.63, 3.8) is 0 Å². The molecule has 0 radical (unpaired) electrons. The van der Waals surface area contributed by atoms with Crippen LogP contribution in [0, 0.1) is 16.7 Å². The monoisotopic (exact) mass is 215 g/mol. The van der Waals surface area contributed by atoms with Crippen LogP contribution in [0.3, 0.4) is 0 Å². The molecule has 1 aliphatic heterocycles. The van der Waals surface area contributed by atoms with E-state index in [1.54, 1.807) is 11.8 Å². The molecule has 0 aromatic heterocycles. The van der Waals surface area contributed by atoms with Crippen LogP contribution >= 0.6 is 11.8 Å². The van der Waals surface area contributed by atoms with Crippen molar-refractivity contribution in [3.05, 3.63) is 0 Å². The zero-order valence-corrected chi connectivity index (χ0v) is 9.35. The predicted octanol–water partition coefficient (Wildman–Crippen LogP) is 1.42. The van der Waals surface area contributed by atoms with Crippen molar-refractivity contribution in [1.29, 1.82) is 5.26 Å². The Bertz CT molecular complexity index is 209. The van der Waals surface area contributed by atoms with Crippen molar-refractivity contribution in [2.45, 2.75) is 25.9 Å².